The summed E-state index contributed by atoms with van der Waals surface area (Å²) < 4.78 is 36.5. The molecule has 6 heteroatoms. The van der Waals surface area contributed by atoms with Gasteiger partial charge in [0.15, 0.2) is 0 Å². The third-order valence-electron chi connectivity index (χ3n) is 1.62. The number of hydrogen-bond donors (Lipinski definition) is 1. The largest absolute Gasteiger partial charge is 0.417 e. The topological polar surface area (TPSA) is 12.9 Å². The standard InChI is InChI=1S/C9H10F3NS2/c10-9(11,12)7-2-3-8(13-6-7)15-5-1-4-14/h2-3,6,14H,1,4-5H2. The van der Waals surface area contributed by atoms with Gasteiger partial charge in [-0.25, -0.2) is 4.98 Å². The first-order valence-corrected chi connectivity index (χ1v) is 5.93. The third kappa shape index (κ3) is 4.34. The summed E-state index contributed by atoms with van der Waals surface area (Å²) in [6.45, 7) is 0. The zero-order chi connectivity index (χ0) is 11.3. The summed E-state index contributed by atoms with van der Waals surface area (Å²) in [5, 5.41) is 0.616. The second kappa shape index (κ2) is 5.65. The fourth-order valence-electron chi connectivity index (χ4n) is 0.875. The van der Waals surface area contributed by atoms with E-state index in [1.54, 1.807) is 0 Å². The minimum Gasteiger partial charge on any atom is -0.249 e. The van der Waals surface area contributed by atoms with Crippen LogP contribution in [0, 0.1) is 0 Å². The van der Waals surface area contributed by atoms with Gasteiger partial charge in [-0.2, -0.15) is 25.8 Å². The van der Waals surface area contributed by atoms with Crippen molar-refractivity contribution in [2.45, 2.75) is 17.6 Å². The molecule has 1 aromatic rings. The minimum absolute atomic E-state index is 0.616. The fraction of sp³-hybridized carbons (Fsp3) is 0.444. The first kappa shape index (κ1) is 12.7. The number of rotatable bonds is 4. The maximum absolute atomic E-state index is 12.2. The molecule has 1 heterocycles. The van der Waals surface area contributed by atoms with Gasteiger partial charge < -0.3 is 0 Å². The van der Waals surface area contributed by atoms with E-state index in [2.05, 4.69) is 17.6 Å². The Morgan fingerprint density at radius 2 is 2.07 bits per heavy atom. The lowest BCUT2D eigenvalue weighted by molar-refractivity contribution is -0.137. The van der Waals surface area contributed by atoms with Gasteiger partial charge in [0.05, 0.1) is 10.6 Å². The van der Waals surface area contributed by atoms with Gasteiger partial charge in [-0.1, -0.05) is 0 Å². The second-order valence-corrected chi connectivity index (χ2v) is 4.37. The van der Waals surface area contributed by atoms with E-state index in [9.17, 15) is 13.2 Å². The molecule has 1 rings (SSSR count). The lowest BCUT2D eigenvalue weighted by atomic mass is 10.3. The average Bonchev–Trinajstić information content (AvgIpc) is 2.18. The monoisotopic (exact) mass is 253 g/mol. The molecule has 1 aromatic heterocycles. The van der Waals surface area contributed by atoms with Crippen LogP contribution in [0.1, 0.15) is 12.0 Å². The number of aromatic nitrogens is 1. The zero-order valence-electron chi connectivity index (χ0n) is 7.79. The molecule has 0 saturated carbocycles. The van der Waals surface area contributed by atoms with Crippen molar-refractivity contribution in [2.75, 3.05) is 11.5 Å². The van der Waals surface area contributed by atoms with Gasteiger partial charge in [0.2, 0.25) is 0 Å². The van der Waals surface area contributed by atoms with E-state index >= 15 is 0 Å². The van der Waals surface area contributed by atoms with Crippen molar-refractivity contribution in [1.82, 2.24) is 4.98 Å². The molecule has 0 spiro atoms. The van der Waals surface area contributed by atoms with Crippen molar-refractivity contribution < 1.29 is 13.2 Å². The van der Waals surface area contributed by atoms with Crippen LogP contribution < -0.4 is 0 Å². The van der Waals surface area contributed by atoms with Gasteiger partial charge in [-0.15, -0.1) is 11.8 Å². The van der Waals surface area contributed by atoms with Crippen molar-refractivity contribution in [3.8, 4) is 0 Å². The molecule has 0 aliphatic carbocycles. The van der Waals surface area contributed by atoms with Gasteiger partial charge >= 0.3 is 6.18 Å². The summed E-state index contributed by atoms with van der Waals surface area (Å²) in [4.78, 5) is 3.73. The van der Waals surface area contributed by atoms with Crippen molar-refractivity contribution in [3.63, 3.8) is 0 Å². The van der Waals surface area contributed by atoms with Gasteiger partial charge in [0.25, 0.3) is 0 Å². The maximum Gasteiger partial charge on any atom is 0.417 e. The van der Waals surface area contributed by atoms with Crippen LogP contribution in [0.15, 0.2) is 23.4 Å². The molecule has 0 bridgehead atoms. The highest BCUT2D eigenvalue weighted by molar-refractivity contribution is 7.99. The first-order chi connectivity index (χ1) is 7.04. The molecule has 0 unspecified atom stereocenters. The Bertz CT molecular complexity index is 297. The molecule has 15 heavy (non-hydrogen) atoms. The van der Waals surface area contributed by atoms with Crippen molar-refractivity contribution in [1.29, 1.82) is 0 Å². The molecule has 0 amide bonds. The normalized spacial score (nSPS) is 11.7. The van der Waals surface area contributed by atoms with E-state index < -0.39 is 11.7 Å². The molecule has 0 atom stereocenters. The Balaban J connectivity index is 2.57. The average molecular weight is 253 g/mol. The minimum atomic E-state index is -4.30. The maximum atomic E-state index is 12.2. The van der Waals surface area contributed by atoms with E-state index in [0.717, 1.165) is 30.2 Å². The van der Waals surface area contributed by atoms with Crippen molar-refractivity contribution in [2.24, 2.45) is 0 Å². The summed E-state index contributed by atoms with van der Waals surface area (Å²) in [5.41, 5.74) is -0.707. The molecule has 0 radical (unpaired) electrons. The van der Waals surface area contributed by atoms with Crippen LogP contribution in [-0.2, 0) is 6.18 Å². The van der Waals surface area contributed by atoms with Crippen LogP contribution in [0.5, 0.6) is 0 Å². The summed E-state index contributed by atoms with van der Waals surface area (Å²) in [5.74, 6) is 1.59. The van der Waals surface area contributed by atoms with Gasteiger partial charge in [0, 0.05) is 11.9 Å². The summed E-state index contributed by atoms with van der Waals surface area (Å²) >= 11 is 5.48. The summed E-state index contributed by atoms with van der Waals surface area (Å²) in [6.07, 6.45) is -2.53. The number of nitrogens with zero attached hydrogens (tertiary/aromatic N) is 1. The molecule has 0 aliphatic rings. The number of alkyl halides is 3. The highest BCUT2D eigenvalue weighted by Gasteiger charge is 2.30. The molecular weight excluding hydrogens is 243 g/mol. The summed E-state index contributed by atoms with van der Waals surface area (Å²) in [7, 11) is 0. The Hall–Kier alpha value is -0.360. The predicted molar refractivity (Wildman–Crippen MR) is 58.4 cm³/mol. The first-order valence-electron chi connectivity index (χ1n) is 4.31. The van der Waals surface area contributed by atoms with Crippen LogP contribution in [0.3, 0.4) is 0 Å². The Morgan fingerprint density at radius 3 is 2.53 bits per heavy atom. The molecule has 0 N–H and O–H groups in total. The van der Waals surface area contributed by atoms with Crippen LogP contribution >= 0.6 is 24.4 Å². The third-order valence-corrected chi connectivity index (χ3v) is 2.96. The highest BCUT2D eigenvalue weighted by atomic mass is 32.2. The molecule has 1 nitrogen and oxygen atoms in total. The Kier molecular flexibility index (Phi) is 4.79. The SMILES string of the molecule is FC(F)(F)c1ccc(SCCCS)nc1. The highest BCUT2D eigenvalue weighted by Crippen LogP contribution is 2.29. The molecular formula is C9H10F3NS2. The number of thioether (sulfide) groups is 1. The molecule has 84 valence electrons. The smallest absolute Gasteiger partial charge is 0.249 e. The second-order valence-electron chi connectivity index (χ2n) is 2.81. The van der Waals surface area contributed by atoms with Crippen molar-refractivity contribution >= 4 is 24.4 Å². The number of pyridine rings is 1. The predicted octanol–water partition coefficient (Wildman–Crippen LogP) is 3.51. The van der Waals surface area contributed by atoms with E-state index in [-0.39, 0.29) is 0 Å². The number of halogens is 3. The van der Waals surface area contributed by atoms with Crippen LogP contribution in [0.2, 0.25) is 0 Å². The van der Waals surface area contributed by atoms with Crippen LogP contribution in [-0.4, -0.2) is 16.5 Å². The Labute approximate surface area is 95.9 Å². The summed E-state index contributed by atoms with van der Waals surface area (Å²) in [6, 6.07) is 2.45. The molecule has 0 aliphatic heterocycles. The number of thiol groups is 1. The quantitative estimate of drug-likeness (QED) is 0.501. The molecule has 0 aromatic carbocycles. The van der Waals surface area contributed by atoms with Crippen LogP contribution in [0.25, 0.3) is 0 Å². The number of hydrogen-bond acceptors (Lipinski definition) is 3. The Morgan fingerprint density at radius 1 is 1.33 bits per heavy atom. The lowest BCUT2D eigenvalue weighted by Crippen LogP contribution is -2.05. The van der Waals surface area contributed by atoms with Gasteiger partial charge in [-0.05, 0) is 24.3 Å². The van der Waals surface area contributed by atoms with Crippen LogP contribution in [0.4, 0.5) is 13.2 Å². The fourth-order valence-corrected chi connectivity index (χ4v) is 2.04. The van der Waals surface area contributed by atoms with Gasteiger partial charge in [0.1, 0.15) is 0 Å². The van der Waals surface area contributed by atoms with E-state index in [1.165, 1.54) is 17.8 Å². The van der Waals surface area contributed by atoms with Crippen molar-refractivity contribution in [3.05, 3.63) is 23.9 Å². The molecule has 0 saturated heterocycles. The zero-order valence-corrected chi connectivity index (χ0v) is 9.50. The van der Waals surface area contributed by atoms with E-state index in [4.69, 9.17) is 0 Å². The van der Waals surface area contributed by atoms with Gasteiger partial charge in [-0.3, -0.25) is 0 Å². The van der Waals surface area contributed by atoms with E-state index in [0.29, 0.717) is 5.03 Å². The van der Waals surface area contributed by atoms with E-state index in [1.807, 2.05) is 0 Å². The molecule has 0 fully saturated rings. The lowest BCUT2D eigenvalue weighted by Gasteiger charge is -2.06.